The molecular weight excluding hydrogens is 480 g/mol. The second kappa shape index (κ2) is 11.5. The van der Waals surface area contributed by atoms with E-state index in [-0.39, 0.29) is 6.17 Å². The van der Waals surface area contributed by atoms with E-state index in [1.165, 1.54) is 0 Å². The molecule has 0 spiro atoms. The molecule has 1 atom stereocenters. The summed E-state index contributed by atoms with van der Waals surface area (Å²) in [6.45, 7) is 11.7. The van der Waals surface area contributed by atoms with E-state index in [1.54, 1.807) is 12.2 Å². The average molecular weight is 511 g/mol. The van der Waals surface area contributed by atoms with Crippen LogP contribution >= 0.6 is 0 Å². The van der Waals surface area contributed by atoms with Crippen molar-refractivity contribution in [3.8, 4) is 0 Å². The Bertz CT molecular complexity index is 1710. The highest BCUT2D eigenvalue weighted by Gasteiger charge is 2.21. The van der Waals surface area contributed by atoms with E-state index in [2.05, 4.69) is 64.3 Å². The highest BCUT2D eigenvalue weighted by atomic mass is 15.2. The summed E-state index contributed by atoms with van der Waals surface area (Å²) >= 11 is 0. The van der Waals surface area contributed by atoms with Crippen LogP contribution in [0, 0.1) is 0 Å². The standard InChI is InChI=1S/C33H30N6/c1-5-8-13-23(7-3)36-37-27-18-19-28(25-15-10-9-14-24(25)27)38-39-29-20-21-31-32-26(29)16-11-17-30(32)34-33(35-31)22(4)12-6-2/h5-21,33-35H,2-3H2,1,4H3/b8-5-,22-12+,23-13+,37-36?,39-38?. The van der Waals surface area contributed by atoms with Gasteiger partial charge in [-0.2, -0.15) is 5.11 Å². The average Bonchev–Trinajstić information content (AvgIpc) is 2.97. The number of nitrogens with one attached hydrogen (secondary N) is 2. The minimum atomic E-state index is -0.00300. The topological polar surface area (TPSA) is 73.5 Å². The van der Waals surface area contributed by atoms with Gasteiger partial charge in [0.2, 0.25) is 0 Å². The number of anilines is 2. The molecule has 0 bridgehead atoms. The molecule has 39 heavy (non-hydrogen) atoms. The van der Waals surface area contributed by atoms with Crippen molar-refractivity contribution in [2.24, 2.45) is 20.5 Å². The van der Waals surface area contributed by atoms with Gasteiger partial charge in [0.25, 0.3) is 0 Å². The molecule has 0 saturated carbocycles. The van der Waals surface area contributed by atoms with Crippen LogP contribution < -0.4 is 10.6 Å². The van der Waals surface area contributed by atoms with E-state index in [0.29, 0.717) is 5.70 Å². The normalized spacial score (nSPS) is 15.8. The molecule has 192 valence electrons. The van der Waals surface area contributed by atoms with Crippen LogP contribution in [0.5, 0.6) is 0 Å². The van der Waals surface area contributed by atoms with E-state index < -0.39 is 0 Å². The zero-order chi connectivity index (χ0) is 27.2. The lowest BCUT2D eigenvalue weighted by Gasteiger charge is -2.30. The minimum absolute atomic E-state index is 0.00300. The predicted molar refractivity (Wildman–Crippen MR) is 165 cm³/mol. The van der Waals surface area contributed by atoms with Gasteiger partial charge in [-0.05, 0) is 61.9 Å². The summed E-state index contributed by atoms with van der Waals surface area (Å²) in [6.07, 6.45) is 11.2. The lowest BCUT2D eigenvalue weighted by atomic mass is 10.0. The molecule has 0 saturated heterocycles. The molecule has 0 aromatic heterocycles. The lowest BCUT2D eigenvalue weighted by molar-refractivity contribution is 0.934. The summed E-state index contributed by atoms with van der Waals surface area (Å²) < 4.78 is 0. The third-order valence-corrected chi connectivity index (χ3v) is 6.54. The van der Waals surface area contributed by atoms with E-state index in [4.69, 9.17) is 5.11 Å². The minimum Gasteiger partial charge on any atom is -0.361 e. The van der Waals surface area contributed by atoms with Gasteiger partial charge in [-0.25, -0.2) is 0 Å². The van der Waals surface area contributed by atoms with Crippen molar-refractivity contribution in [2.75, 3.05) is 10.6 Å². The van der Waals surface area contributed by atoms with Crippen LogP contribution in [-0.2, 0) is 0 Å². The first-order valence-corrected chi connectivity index (χ1v) is 12.8. The van der Waals surface area contributed by atoms with Gasteiger partial charge in [0, 0.05) is 32.9 Å². The van der Waals surface area contributed by atoms with E-state index >= 15 is 0 Å². The van der Waals surface area contributed by atoms with Crippen molar-refractivity contribution in [1.82, 2.24) is 0 Å². The molecule has 2 N–H and O–H groups in total. The highest BCUT2D eigenvalue weighted by Crippen LogP contribution is 2.41. The number of benzene rings is 4. The Kier molecular flexibility index (Phi) is 7.55. The SMILES string of the molecule is C=C/C=C(\C)C1Nc2cccc3c(N=Nc4ccc(N=N/C(C=C)=C/C=C\C)c5ccccc45)ccc(c23)N1. The number of azo groups is 2. The fourth-order valence-electron chi connectivity index (χ4n) is 4.57. The van der Waals surface area contributed by atoms with E-state index in [0.717, 1.165) is 55.6 Å². The molecule has 4 aromatic rings. The maximum absolute atomic E-state index is 4.69. The molecule has 0 radical (unpaired) electrons. The van der Waals surface area contributed by atoms with Crippen LogP contribution in [0.25, 0.3) is 21.5 Å². The number of allylic oxidation sites excluding steroid dienone is 6. The van der Waals surface area contributed by atoms with Gasteiger partial charge in [0.15, 0.2) is 0 Å². The Hall–Kier alpha value is -5.10. The summed E-state index contributed by atoms with van der Waals surface area (Å²) in [5.41, 5.74) is 6.28. The van der Waals surface area contributed by atoms with Crippen molar-refractivity contribution in [2.45, 2.75) is 20.0 Å². The molecular formula is C33H30N6. The van der Waals surface area contributed by atoms with Gasteiger partial charge in [-0.3, -0.25) is 0 Å². The summed E-state index contributed by atoms with van der Waals surface area (Å²) in [6, 6.07) is 22.1. The first-order valence-electron chi connectivity index (χ1n) is 12.8. The molecule has 4 aromatic carbocycles. The van der Waals surface area contributed by atoms with E-state index in [1.807, 2.05) is 79.8 Å². The summed E-state index contributed by atoms with van der Waals surface area (Å²) in [5, 5.41) is 29.4. The van der Waals surface area contributed by atoms with Crippen LogP contribution in [0.2, 0.25) is 0 Å². The molecule has 5 rings (SSSR count). The Balaban J connectivity index is 1.50. The Morgan fingerprint density at radius 3 is 2.03 bits per heavy atom. The second-order valence-electron chi connectivity index (χ2n) is 9.10. The highest BCUT2D eigenvalue weighted by molar-refractivity contribution is 6.09. The van der Waals surface area contributed by atoms with Crippen LogP contribution in [0.1, 0.15) is 13.8 Å². The van der Waals surface area contributed by atoms with Crippen LogP contribution in [-0.4, -0.2) is 6.17 Å². The number of fused-ring (bicyclic) bond motifs is 1. The van der Waals surface area contributed by atoms with Gasteiger partial charge in [0.1, 0.15) is 6.17 Å². The van der Waals surface area contributed by atoms with Crippen molar-refractivity contribution in [3.05, 3.63) is 128 Å². The lowest BCUT2D eigenvalue weighted by Crippen LogP contribution is -2.32. The predicted octanol–water partition coefficient (Wildman–Crippen LogP) is 10.4. The molecule has 6 heteroatoms. The van der Waals surface area contributed by atoms with Crippen molar-refractivity contribution >= 4 is 50.0 Å². The largest absolute Gasteiger partial charge is 0.361 e. The van der Waals surface area contributed by atoms with Crippen LogP contribution in [0.4, 0.5) is 28.4 Å². The van der Waals surface area contributed by atoms with Crippen molar-refractivity contribution in [1.29, 1.82) is 0 Å². The maximum atomic E-state index is 4.69. The first kappa shape index (κ1) is 25.5. The number of hydrogen-bond donors (Lipinski definition) is 2. The smallest absolute Gasteiger partial charge is 0.119 e. The first-order chi connectivity index (χ1) is 19.1. The Morgan fingerprint density at radius 2 is 1.36 bits per heavy atom. The van der Waals surface area contributed by atoms with Crippen LogP contribution in [0.15, 0.2) is 148 Å². The number of rotatable bonds is 8. The van der Waals surface area contributed by atoms with Gasteiger partial charge in [-0.1, -0.05) is 73.9 Å². The molecule has 0 fully saturated rings. The molecule has 6 nitrogen and oxygen atoms in total. The van der Waals surface area contributed by atoms with Gasteiger partial charge >= 0.3 is 0 Å². The van der Waals surface area contributed by atoms with Crippen molar-refractivity contribution < 1.29 is 0 Å². The Morgan fingerprint density at radius 1 is 0.744 bits per heavy atom. The Labute approximate surface area is 228 Å². The second-order valence-corrected chi connectivity index (χ2v) is 9.10. The molecule has 0 amide bonds. The summed E-state index contributed by atoms with van der Waals surface area (Å²) in [4.78, 5) is 0. The number of hydrogen-bond acceptors (Lipinski definition) is 6. The van der Waals surface area contributed by atoms with E-state index in [9.17, 15) is 0 Å². The van der Waals surface area contributed by atoms with Gasteiger partial charge in [-0.15, -0.1) is 15.3 Å². The molecule has 1 aliphatic rings. The summed E-state index contributed by atoms with van der Waals surface area (Å²) in [5.74, 6) is 0. The zero-order valence-corrected chi connectivity index (χ0v) is 22.1. The molecule has 1 aliphatic heterocycles. The fraction of sp³-hybridized carbons (Fsp3) is 0.0909. The molecule has 1 heterocycles. The molecule has 0 aliphatic carbocycles. The zero-order valence-electron chi connectivity index (χ0n) is 22.1. The van der Waals surface area contributed by atoms with Gasteiger partial charge in [0.05, 0.1) is 22.8 Å². The van der Waals surface area contributed by atoms with Crippen molar-refractivity contribution in [3.63, 3.8) is 0 Å². The quantitative estimate of drug-likeness (QED) is 0.183. The maximum Gasteiger partial charge on any atom is 0.119 e. The number of nitrogens with zero attached hydrogens (tertiary/aromatic N) is 4. The van der Waals surface area contributed by atoms with Crippen LogP contribution in [0.3, 0.4) is 0 Å². The summed E-state index contributed by atoms with van der Waals surface area (Å²) in [7, 11) is 0. The third kappa shape index (κ3) is 5.31. The van der Waals surface area contributed by atoms with Gasteiger partial charge < -0.3 is 10.6 Å². The fourth-order valence-corrected chi connectivity index (χ4v) is 4.57. The third-order valence-electron chi connectivity index (χ3n) is 6.54. The molecule has 1 unspecified atom stereocenters. The monoisotopic (exact) mass is 510 g/mol.